The van der Waals surface area contributed by atoms with Gasteiger partial charge in [0.2, 0.25) is 5.91 Å². The van der Waals surface area contributed by atoms with Crippen molar-refractivity contribution in [1.82, 2.24) is 24.3 Å². The predicted molar refractivity (Wildman–Crippen MR) is 188 cm³/mol. The van der Waals surface area contributed by atoms with Crippen molar-refractivity contribution in [2.45, 2.75) is 112 Å². The van der Waals surface area contributed by atoms with Crippen molar-refractivity contribution in [2.24, 2.45) is 5.92 Å². The van der Waals surface area contributed by atoms with Crippen molar-refractivity contribution < 1.29 is 28.3 Å². The van der Waals surface area contributed by atoms with Crippen molar-refractivity contribution >= 4 is 34.6 Å². The Morgan fingerprint density at radius 1 is 0.939 bits per heavy atom. The second kappa shape index (κ2) is 15.5. The van der Waals surface area contributed by atoms with Gasteiger partial charge >= 0.3 is 6.09 Å². The molecular weight excluding hydrogens is 625 g/mol. The Kier molecular flexibility index (Phi) is 11.9. The summed E-state index contributed by atoms with van der Waals surface area (Å²) in [6, 6.07) is 5.14. The monoisotopic (exact) mass is 677 g/mol. The summed E-state index contributed by atoms with van der Waals surface area (Å²) < 4.78 is 21.9. The molecule has 266 valence electrons. The highest BCUT2D eigenvalue weighted by atomic mass is 19.1. The van der Waals surface area contributed by atoms with Crippen molar-refractivity contribution in [2.75, 3.05) is 19.6 Å². The summed E-state index contributed by atoms with van der Waals surface area (Å²) in [4.78, 5) is 63.5. The lowest BCUT2D eigenvalue weighted by Gasteiger charge is -2.35. The number of rotatable bonds is 7. The maximum atomic E-state index is 14.6. The summed E-state index contributed by atoms with van der Waals surface area (Å²) in [7, 11) is 0. The van der Waals surface area contributed by atoms with Crippen LogP contribution in [0.25, 0.3) is 16.6 Å². The highest BCUT2D eigenvalue weighted by Gasteiger charge is 2.40. The Balaban J connectivity index is 0.00000265. The van der Waals surface area contributed by atoms with Gasteiger partial charge in [0, 0.05) is 61.0 Å². The minimum absolute atomic E-state index is 0.0516. The normalized spacial score (nSPS) is 16.9. The van der Waals surface area contributed by atoms with Gasteiger partial charge < -0.3 is 19.1 Å². The van der Waals surface area contributed by atoms with Crippen molar-refractivity contribution in [1.29, 1.82) is 0 Å². The van der Waals surface area contributed by atoms with Gasteiger partial charge in [-0.05, 0) is 98.4 Å². The molecule has 3 amide bonds. The van der Waals surface area contributed by atoms with Gasteiger partial charge in [-0.1, -0.05) is 13.8 Å². The number of piperidine rings is 1. The molecule has 10 nitrogen and oxygen atoms in total. The van der Waals surface area contributed by atoms with Crippen LogP contribution >= 0.6 is 0 Å². The zero-order chi connectivity index (χ0) is 36.2. The van der Waals surface area contributed by atoms with E-state index in [2.05, 4.69) is 4.98 Å². The Labute approximate surface area is 289 Å². The summed E-state index contributed by atoms with van der Waals surface area (Å²) in [6.07, 6.45) is 6.81. The molecule has 1 aromatic carbocycles. The molecule has 3 aromatic rings. The van der Waals surface area contributed by atoms with Gasteiger partial charge in [0.05, 0.1) is 23.0 Å². The highest BCUT2D eigenvalue weighted by molar-refractivity contribution is 6.10. The second-order valence-corrected chi connectivity index (χ2v) is 14.2. The molecule has 1 atom stereocenters. The lowest BCUT2D eigenvalue weighted by Crippen LogP contribution is -2.51. The topological polar surface area (TPSA) is 105 Å². The van der Waals surface area contributed by atoms with Crippen molar-refractivity contribution in [3.05, 3.63) is 59.8 Å². The number of amides is 3. The number of carbonyl (C=O) groups excluding carboxylic acids is 4. The fourth-order valence-corrected chi connectivity index (χ4v) is 6.92. The van der Waals surface area contributed by atoms with Gasteiger partial charge in [-0.3, -0.25) is 24.3 Å². The van der Waals surface area contributed by atoms with Crippen LogP contribution in [-0.4, -0.2) is 91.3 Å². The van der Waals surface area contributed by atoms with Crippen LogP contribution < -0.4 is 0 Å². The van der Waals surface area contributed by atoms with Crippen LogP contribution in [0.15, 0.2) is 42.9 Å². The van der Waals surface area contributed by atoms with Crippen molar-refractivity contribution in [3.8, 4) is 5.69 Å². The molecule has 0 bridgehead atoms. The number of hydrogen-bond acceptors (Lipinski definition) is 6. The standard InChI is InChI=1S/C36H46FN5O5.C2H6/c1-22(2)42(23(3)4)33(44)27-19-25(37)10-11-29(27)41-21-28(26-12-15-38-20-31(26)41)32(43)24-13-17-39(18-14-24)34(45)30-9-8-16-40(30)35(46)47-36(5,6)7;1-2/h10-12,15,19-24,30H,8-9,13-14,16-18H2,1-7H3;1-2H3. The van der Waals surface area contributed by atoms with Crippen LogP contribution in [0.5, 0.6) is 0 Å². The predicted octanol–water partition coefficient (Wildman–Crippen LogP) is 7.27. The number of carbonyl (C=O) groups is 4. The molecule has 5 rings (SSSR count). The Bertz CT molecular complexity index is 1660. The SMILES string of the molecule is CC.CC(C)N(C(=O)c1cc(F)ccc1-n1cc(C(=O)C2CCN(C(=O)C3CCCN3C(=O)OC(C)(C)C)CC2)c2ccncc21)C(C)C. The summed E-state index contributed by atoms with van der Waals surface area (Å²) in [5.41, 5.74) is 1.14. The number of likely N-dealkylation sites (tertiary alicyclic amines) is 2. The van der Waals surface area contributed by atoms with E-state index in [0.717, 1.165) is 6.42 Å². The second-order valence-electron chi connectivity index (χ2n) is 14.2. The maximum absolute atomic E-state index is 14.6. The molecular formula is C38H52FN5O5. The largest absolute Gasteiger partial charge is 0.444 e. The Morgan fingerprint density at radius 2 is 1.59 bits per heavy atom. The number of nitrogens with zero attached hydrogens (tertiary/aromatic N) is 5. The molecule has 2 aliphatic heterocycles. The average molecular weight is 678 g/mol. The van der Waals surface area contributed by atoms with E-state index < -0.39 is 23.6 Å². The van der Waals surface area contributed by atoms with Gasteiger partial charge in [-0.25, -0.2) is 9.18 Å². The number of ether oxygens (including phenoxy) is 1. The molecule has 2 fully saturated rings. The first-order chi connectivity index (χ1) is 23.2. The first-order valence-corrected chi connectivity index (χ1v) is 17.6. The van der Waals surface area contributed by atoms with Gasteiger partial charge in [-0.15, -0.1) is 0 Å². The van der Waals surface area contributed by atoms with Crippen LogP contribution in [0.1, 0.15) is 109 Å². The van der Waals surface area contributed by atoms with Gasteiger partial charge in [-0.2, -0.15) is 0 Å². The third-order valence-corrected chi connectivity index (χ3v) is 9.01. The molecule has 2 saturated heterocycles. The molecule has 1 unspecified atom stereocenters. The molecule has 2 aromatic heterocycles. The molecule has 0 spiro atoms. The number of Topliss-reactive ketones (excluding diaryl/α,β-unsaturated/α-hetero) is 1. The molecule has 0 radical (unpaired) electrons. The zero-order valence-electron chi connectivity index (χ0n) is 30.5. The first-order valence-electron chi connectivity index (χ1n) is 17.6. The lowest BCUT2D eigenvalue weighted by molar-refractivity contribution is -0.137. The Morgan fingerprint density at radius 3 is 2.20 bits per heavy atom. The minimum Gasteiger partial charge on any atom is -0.444 e. The van der Waals surface area contributed by atoms with Crippen molar-refractivity contribution in [3.63, 3.8) is 0 Å². The molecule has 4 heterocycles. The number of aromatic nitrogens is 2. The summed E-state index contributed by atoms with van der Waals surface area (Å²) in [6.45, 7) is 18.4. The van der Waals surface area contributed by atoms with Crippen LogP contribution in [-0.2, 0) is 9.53 Å². The molecule has 2 aliphatic rings. The fourth-order valence-electron chi connectivity index (χ4n) is 6.92. The number of ketones is 1. The number of fused-ring (bicyclic) bond motifs is 1. The van der Waals surface area contributed by atoms with E-state index in [1.165, 1.54) is 17.0 Å². The third-order valence-electron chi connectivity index (χ3n) is 9.01. The average Bonchev–Trinajstić information content (AvgIpc) is 3.70. The van der Waals surface area contributed by atoms with E-state index in [1.54, 1.807) is 65.9 Å². The molecule has 0 N–H and O–H groups in total. The minimum atomic E-state index is -0.651. The lowest BCUT2D eigenvalue weighted by atomic mass is 9.88. The number of hydrogen-bond donors (Lipinski definition) is 0. The number of benzene rings is 1. The third kappa shape index (κ3) is 8.13. The summed E-state index contributed by atoms with van der Waals surface area (Å²) in [5.74, 6) is -1.30. The van der Waals surface area contributed by atoms with E-state index in [0.29, 0.717) is 61.1 Å². The van der Waals surface area contributed by atoms with Crippen LogP contribution in [0.2, 0.25) is 0 Å². The maximum Gasteiger partial charge on any atom is 0.410 e. The van der Waals surface area contributed by atoms with Gasteiger partial charge in [0.25, 0.3) is 5.91 Å². The van der Waals surface area contributed by atoms with Crippen LogP contribution in [0.3, 0.4) is 0 Å². The first kappa shape index (κ1) is 37.5. The fraction of sp³-hybridized carbons (Fsp3) is 0.553. The van der Waals surface area contributed by atoms with E-state index in [-0.39, 0.29) is 41.2 Å². The summed E-state index contributed by atoms with van der Waals surface area (Å²) in [5, 5.41) is 0.690. The van der Waals surface area contributed by atoms with E-state index in [4.69, 9.17) is 4.74 Å². The van der Waals surface area contributed by atoms with E-state index in [1.807, 2.05) is 41.5 Å². The zero-order valence-corrected chi connectivity index (χ0v) is 30.5. The quantitative estimate of drug-likeness (QED) is 0.244. The summed E-state index contributed by atoms with van der Waals surface area (Å²) >= 11 is 0. The number of pyridine rings is 1. The molecule has 0 saturated carbocycles. The van der Waals surface area contributed by atoms with E-state index in [9.17, 15) is 23.6 Å². The smallest absolute Gasteiger partial charge is 0.410 e. The molecule has 49 heavy (non-hydrogen) atoms. The van der Waals surface area contributed by atoms with Crippen LogP contribution in [0, 0.1) is 11.7 Å². The van der Waals surface area contributed by atoms with Gasteiger partial charge in [0.15, 0.2) is 5.78 Å². The molecule has 0 aliphatic carbocycles. The van der Waals surface area contributed by atoms with Crippen LogP contribution in [0.4, 0.5) is 9.18 Å². The Hall–Kier alpha value is -4.28. The molecule has 11 heteroatoms. The van der Waals surface area contributed by atoms with E-state index >= 15 is 0 Å². The highest BCUT2D eigenvalue weighted by Crippen LogP contribution is 2.32. The number of halogens is 1. The van der Waals surface area contributed by atoms with Gasteiger partial charge in [0.1, 0.15) is 17.5 Å².